The number of rotatable bonds is 5. The van der Waals surface area contributed by atoms with Crippen LogP contribution in [0, 0.1) is 0 Å². The summed E-state index contributed by atoms with van der Waals surface area (Å²) in [6.45, 7) is 2.43. The minimum Gasteiger partial charge on any atom is -0.357 e. The summed E-state index contributed by atoms with van der Waals surface area (Å²) in [6.07, 6.45) is 8.65. The van der Waals surface area contributed by atoms with E-state index in [0.717, 1.165) is 24.6 Å². The van der Waals surface area contributed by atoms with Gasteiger partial charge in [0.05, 0.1) is 33.8 Å². The Morgan fingerprint density at radius 3 is 2.64 bits per heavy atom. The minimum atomic E-state index is -0.171. The standard InChI is InChI=1S/C19H21ClN6OS/c20-17-7-6-16(28-17)19(27)22-11-14-13-26(24-23-14)15-5-8-18(21-12-15)25-9-3-1-2-4-10-25/h5-8,12-13H,1-4,9-11H2,(H,22,27). The second-order valence-electron chi connectivity index (χ2n) is 6.72. The molecule has 1 amide bonds. The van der Waals surface area contributed by atoms with Crippen molar-refractivity contribution in [3.05, 3.63) is 51.6 Å². The summed E-state index contributed by atoms with van der Waals surface area (Å²) in [5.41, 5.74) is 1.52. The van der Waals surface area contributed by atoms with Crippen LogP contribution in [0.2, 0.25) is 4.34 Å². The molecule has 1 fully saturated rings. The van der Waals surface area contributed by atoms with Gasteiger partial charge < -0.3 is 10.2 Å². The lowest BCUT2D eigenvalue weighted by Gasteiger charge is -2.21. The Bertz CT molecular complexity index is 930. The quantitative estimate of drug-likeness (QED) is 0.686. The number of nitrogens with zero attached hydrogens (tertiary/aromatic N) is 5. The van der Waals surface area contributed by atoms with E-state index in [1.54, 1.807) is 23.0 Å². The molecule has 0 atom stereocenters. The third-order valence-corrected chi connectivity index (χ3v) is 5.92. The number of carbonyl (C=O) groups excluding carboxylic acids is 1. The molecule has 1 saturated heterocycles. The summed E-state index contributed by atoms with van der Waals surface area (Å²) in [4.78, 5) is 19.6. The third kappa shape index (κ3) is 4.51. The monoisotopic (exact) mass is 416 g/mol. The van der Waals surface area contributed by atoms with Crippen LogP contribution in [0.25, 0.3) is 5.69 Å². The van der Waals surface area contributed by atoms with E-state index in [9.17, 15) is 4.79 Å². The number of hydrogen-bond donors (Lipinski definition) is 1. The first kappa shape index (κ1) is 18.9. The summed E-state index contributed by atoms with van der Waals surface area (Å²) in [6, 6.07) is 7.44. The fraction of sp³-hybridized carbons (Fsp3) is 0.368. The number of nitrogens with one attached hydrogen (secondary N) is 1. The predicted octanol–water partition coefficient (Wildman–Crippen LogP) is 3.69. The second kappa shape index (κ2) is 8.70. The van der Waals surface area contributed by atoms with Gasteiger partial charge in [-0.15, -0.1) is 16.4 Å². The SMILES string of the molecule is O=C(NCc1cn(-c2ccc(N3CCCCCC3)nc2)nn1)c1ccc(Cl)s1. The molecule has 0 bridgehead atoms. The minimum absolute atomic E-state index is 0.171. The first-order valence-electron chi connectivity index (χ1n) is 9.35. The molecule has 1 N–H and O–H groups in total. The maximum atomic E-state index is 12.1. The Balaban J connectivity index is 1.37. The molecular formula is C19H21ClN6OS. The summed E-state index contributed by atoms with van der Waals surface area (Å²) >= 11 is 7.11. The Kier molecular flexibility index (Phi) is 5.87. The highest BCUT2D eigenvalue weighted by Crippen LogP contribution is 2.21. The molecule has 3 aromatic heterocycles. The van der Waals surface area contributed by atoms with Crippen LogP contribution in [0.15, 0.2) is 36.7 Å². The highest BCUT2D eigenvalue weighted by Gasteiger charge is 2.12. The van der Waals surface area contributed by atoms with Gasteiger partial charge in [0.15, 0.2) is 0 Å². The number of carbonyl (C=O) groups is 1. The molecule has 3 aromatic rings. The van der Waals surface area contributed by atoms with Crippen molar-refractivity contribution in [1.29, 1.82) is 0 Å². The van der Waals surface area contributed by atoms with Crippen LogP contribution < -0.4 is 10.2 Å². The van der Waals surface area contributed by atoms with Crippen molar-refractivity contribution < 1.29 is 4.79 Å². The average Bonchev–Trinajstić information content (AvgIpc) is 3.28. The van der Waals surface area contributed by atoms with Crippen molar-refractivity contribution in [2.24, 2.45) is 0 Å². The Morgan fingerprint density at radius 2 is 1.96 bits per heavy atom. The molecule has 28 heavy (non-hydrogen) atoms. The largest absolute Gasteiger partial charge is 0.357 e. The van der Waals surface area contributed by atoms with Crippen molar-refractivity contribution >= 4 is 34.7 Å². The van der Waals surface area contributed by atoms with Crippen molar-refractivity contribution in [2.75, 3.05) is 18.0 Å². The molecule has 0 radical (unpaired) electrons. The average molecular weight is 417 g/mol. The summed E-state index contributed by atoms with van der Waals surface area (Å²) in [5.74, 6) is 0.836. The van der Waals surface area contributed by atoms with Gasteiger partial charge in [-0.05, 0) is 37.1 Å². The lowest BCUT2D eigenvalue weighted by molar-refractivity contribution is 0.0954. The van der Waals surface area contributed by atoms with Gasteiger partial charge in [-0.2, -0.15) is 0 Å². The fourth-order valence-corrected chi connectivity index (χ4v) is 4.16. The maximum Gasteiger partial charge on any atom is 0.261 e. The second-order valence-corrected chi connectivity index (χ2v) is 8.43. The summed E-state index contributed by atoms with van der Waals surface area (Å²) < 4.78 is 2.26. The number of pyridine rings is 1. The predicted molar refractivity (Wildman–Crippen MR) is 110 cm³/mol. The van der Waals surface area contributed by atoms with E-state index in [1.165, 1.54) is 37.0 Å². The van der Waals surface area contributed by atoms with E-state index in [4.69, 9.17) is 11.6 Å². The van der Waals surface area contributed by atoms with E-state index < -0.39 is 0 Å². The van der Waals surface area contributed by atoms with Crippen LogP contribution in [0.1, 0.15) is 41.0 Å². The number of thiophene rings is 1. The van der Waals surface area contributed by atoms with Gasteiger partial charge in [0.2, 0.25) is 0 Å². The molecule has 0 spiro atoms. The van der Waals surface area contributed by atoms with Crippen LogP contribution in [0.5, 0.6) is 0 Å². The number of amides is 1. The van der Waals surface area contributed by atoms with Gasteiger partial charge in [-0.25, -0.2) is 9.67 Å². The Hall–Kier alpha value is -2.45. The van der Waals surface area contributed by atoms with E-state index in [0.29, 0.717) is 21.5 Å². The van der Waals surface area contributed by atoms with E-state index in [-0.39, 0.29) is 5.91 Å². The number of aromatic nitrogens is 4. The summed E-state index contributed by atoms with van der Waals surface area (Å²) in [5, 5.41) is 11.1. The molecule has 0 unspecified atom stereocenters. The third-order valence-electron chi connectivity index (χ3n) is 4.69. The smallest absolute Gasteiger partial charge is 0.261 e. The van der Waals surface area contributed by atoms with Crippen LogP contribution >= 0.6 is 22.9 Å². The lowest BCUT2D eigenvalue weighted by atomic mass is 10.2. The first-order chi connectivity index (χ1) is 13.7. The normalized spacial score (nSPS) is 14.7. The molecule has 0 saturated carbocycles. The zero-order chi connectivity index (χ0) is 19.3. The van der Waals surface area contributed by atoms with Crippen molar-refractivity contribution in [3.63, 3.8) is 0 Å². The van der Waals surface area contributed by atoms with Gasteiger partial charge >= 0.3 is 0 Å². The van der Waals surface area contributed by atoms with Gasteiger partial charge in [0.25, 0.3) is 5.91 Å². The molecule has 7 nitrogen and oxygen atoms in total. The van der Waals surface area contributed by atoms with E-state index in [2.05, 4.69) is 25.5 Å². The van der Waals surface area contributed by atoms with Crippen LogP contribution in [0.4, 0.5) is 5.82 Å². The zero-order valence-electron chi connectivity index (χ0n) is 15.3. The molecule has 1 aliphatic heterocycles. The molecular weight excluding hydrogens is 396 g/mol. The zero-order valence-corrected chi connectivity index (χ0v) is 16.9. The first-order valence-corrected chi connectivity index (χ1v) is 10.5. The highest BCUT2D eigenvalue weighted by atomic mass is 35.5. The molecule has 1 aliphatic rings. The summed E-state index contributed by atoms with van der Waals surface area (Å²) in [7, 11) is 0. The van der Waals surface area contributed by atoms with Crippen molar-refractivity contribution in [2.45, 2.75) is 32.2 Å². The molecule has 4 heterocycles. The number of anilines is 1. The molecule has 0 aliphatic carbocycles. The Morgan fingerprint density at radius 1 is 1.14 bits per heavy atom. The van der Waals surface area contributed by atoms with E-state index >= 15 is 0 Å². The van der Waals surface area contributed by atoms with Crippen molar-refractivity contribution in [3.8, 4) is 5.69 Å². The van der Waals surface area contributed by atoms with Crippen molar-refractivity contribution in [1.82, 2.24) is 25.3 Å². The van der Waals surface area contributed by atoms with Crippen LogP contribution in [-0.2, 0) is 6.54 Å². The lowest BCUT2D eigenvalue weighted by Crippen LogP contribution is -2.24. The fourth-order valence-electron chi connectivity index (χ4n) is 3.20. The maximum absolute atomic E-state index is 12.1. The molecule has 146 valence electrons. The highest BCUT2D eigenvalue weighted by molar-refractivity contribution is 7.17. The van der Waals surface area contributed by atoms with E-state index in [1.807, 2.05) is 18.3 Å². The van der Waals surface area contributed by atoms with Gasteiger partial charge in [0.1, 0.15) is 11.5 Å². The van der Waals surface area contributed by atoms with Crippen LogP contribution in [-0.4, -0.2) is 39.0 Å². The Labute approximate surface area is 172 Å². The van der Waals surface area contributed by atoms with Gasteiger partial charge in [0, 0.05) is 13.1 Å². The van der Waals surface area contributed by atoms with Gasteiger partial charge in [-0.1, -0.05) is 29.7 Å². The topological polar surface area (TPSA) is 75.9 Å². The molecule has 4 rings (SSSR count). The number of hydrogen-bond acceptors (Lipinski definition) is 6. The van der Waals surface area contributed by atoms with Crippen LogP contribution in [0.3, 0.4) is 0 Å². The molecule has 9 heteroatoms. The number of halogens is 1. The van der Waals surface area contributed by atoms with Gasteiger partial charge in [-0.3, -0.25) is 4.79 Å². The molecule has 0 aromatic carbocycles.